The fraction of sp³-hybridized carbons (Fsp3) is 0.0870. The van der Waals surface area contributed by atoms with E-state index in [2.05, 4.69) is 42.4 Å². The smallest absolute Gasteiger partial charge is 0.343 e. The van der Waals surface area contributed by atoms with E-state index in [4.69, 9.17) is 9.47 Å². The molecule has 1 N–H and O–H groups in total. The number of rotatable bonds is 7. The second-order valence-corrected chi connectivity index (χ2v) is 8.25. The number of amides is 1. The number of carbonyl (C=O) groups is 2. The maximum Gasteiger partial charge on any atom is 0.343 e. The minimum absolute atomic E-state index is 0.376. The Kier molecular flexibility index (Phi) is 7.97. The molecular formula is C23H18Br2N2O4. The van der Waals surface area contributed by atoms with Crippen LogP contribution in [-0.4, -0.2) is 24.2 Å². The van der Waals surface area contributed by atoms with E-state index < -0.39 is 12.1 Å². The molecule has 0 fully saturated rings. The van der Waals surface area contributed by atoms with Crippen molar-refractivity contribution < 1.29 is 19.1 Å². The van der Waals surface area contributed by atoms with Crippen molar-refractivity contribution in [3.05, 3.63) is 92.9 Å². The van der Waals surface area contributed by atoms with Crippen molar-refractivity contribution in [3.63, 3.8) is 0 Å². The largest absolute Gasteiger partial charge is 0.481 e. The molecule has 8 heteroatoms. The zero-order valence-electron chi connectivity index (χ0n) is 16.4. The van der Waals surface area contributed by atoms with Crippen LogP contribution in [0.3, 0.4) is 0 Å². The van der Waals surface area contributed by atoms with E-state index in [1.54, 1.807) is 67.6 Å². The lowest BCUT2D eigenvalue weighted by molar-refractivity contribution is -0.127. The quantitative estimate of drug-likeness (QED) is 0.188. The number of benzene rings is 3. The van der Waals surface area contributed by atoms with E-state index in [1.165, 1.54) is 6.21 Å². The van der Waals surface area contributed by atoms with Crippen LogP contribution in [-0.2, 0) is 4.79 Å². The molecule has 0 aliphatic heterocycles. The van der Waals surface area contributed by atoms with Crippen LogP contribution in [0.25, 0.3) is 0 Å². The first-order valence-electron chi connectivity index (χ1n) is 9.23. The first-order valence-corrected chi connectivity index (χ1v) is 10.8. The first kappa shape index (κ1) is 22.7. The maximum absolute atomic E-state index is 12.1. The monoisotopic (exact) mass is 544 g/mol. The molecule has 0 aromatic heterocycles. The molecule has 31 heavy (non-hydrogen) atoms. The number of halogens is 2. The van der Waals surface area contributed by atoms with Gasteiger partial charge in [0.15, 0.2) is 6.10 Å². The van der Waals surface area contributed by atoms with Crippen LogP contribution in [0.2, 0.25) is 0 Å². The minimum Gasteiger partial charge on any atom is -0.481 e. The highest BCUT2D eigenvalue weighted by Crippen LogP contribution is 2.18. The van der Waals surface area contributed by atoms with Gasteiger partial charge in [-0.15, -0.1) is 0 Å². The summed E-state index contributed by atoms with van der Waals surface area (Å²) >= 11 is 6.67. The Morgan fingerprint density at radius 3 is 2.03 bits per heavy atom. The summed E-state index contributed by atoms with van der Waals surface area (Å²) in [4.78, 5) is 24.3. The number of ether oxygens (including phenoxy) is 2. The normalized spacial score (nSPS) is 11.7. The van der Waals surface area contributed by atoms with Crippen LogP contribution in [0.15, 0.2) is 86.8 Å². The van der Waals surface area contributed by atoms with Crippen molar-refractivity contribution in [3.8, 4) is 11.5 Å². The fourth-order valence-electron chi connectivity index (χ4n) is 2.41. The van der Waals surface area contributed by atoms with Gasteiger partial charge >= 0.3 is 5.97 Å². The maximum atomic E-state index is 12.1. The number of hydrazone groups is 1. The standard InChI is InChI=1S/C23H18Br2N2O4/c1-15(30-20-12-8-19(25)9-13-20)22(28)27-26-14-16-2-10-21(11-3-16)31-23(29)17-4-6-18(24)7-5-17/h2-15H,1H3,(H,27,28)/b26-14-/t15-/m0/s1. The molecular weight excluding hydrogens is 528 g/mol. The van der Waals surface area contributed by atoms with E-state index >= 15 is 0 Å². The molecule has 3 aromatic carbocycles. The number of hydrogen-bond donors (Lipinski definition) is 1. The van der Waals surface area contributed by atoms with Gasteiger partial charge in [-0.05, 0) is 85.3 Å². The summed E-state index contributed by atoms with van der Waals surface area (Å²) in [5, 5.41) is 3.94. The predicted molar refractivity (Wildman–Crippen MR) is 126 cm³/mol. The Balaban J connectivity index is 1.49. The Hall–Kier alpha value is -2.97. The molecule has 0 radical (unpaired) electrons. The van der Waals surface area contributed by atoms with Crippen molar-refractivity contribution in [1.29, 1.82) is 0 Å². The Morgan fingerprint density at radius 2 is 1.42 bits per heavy atom. The topological polar surface area (TPSA) is 77.0 Å². The second-order valence-electron chi connectivity index (χ2n) is 6.41. The second kappa shape index (κ2) is 10.9. The lowest BCUT2D eigenvalue weighted by Crippen LogP contribution is -2.33. The van der Waals surface area contributed by atoms with Gasteiger partial charge < -0.3 is 9.47 Å². The van der Waals surface area contributed by atoms with Gasteiger partial charge in [-0.1, -0.05) is 31.9 Å². The Morgan fingerprint density at radius 1 is 0.871 bits per heavy atom. The fourth-order valence-corrected chi connectivity index (χ4v) is 2.93. The lowest BCUT2D eigenvalue weighted by atomic mass is 10.2. The van der Waals surface area contributed by atoms with Crippen LogP contribution in [0.5, 0.6) is 11.5 Å². The summed E-state index contributed by atoms with van der Waals surface area (Å²) in [6, 6.07) is 20.8. The van der Waals surface area contributed by atoms with Crippen molar-refractivity contribution in [1.82, 2.24) is 5.43 Å². The highest BCUT2D eigenvalue weighted by Gasteiger charge is 2.13. The summed E-state index contributed by atoms with van der Waals surface area (Å²) < 4.78 is 12.7. The van der Waals surface area contributed by atoms with Crippen molar-refractivity contribution >= 4 is 50.0 Å². The summed E-state index contributed by atoms with van der Waals surface area (Å²) in [6.45, 7) is 1.64. The first-order chi connectivity index (χ1) is 14.9. The number of esters is 1. The number of hydrogen-bond acceptors (Lipinski definition) is 5. The van der Waals surface area contributed by atoms with E-state index in [-0.39, 0.29) is 5.91 Å². The third-order valence-electron chi connectivity index (χ3n) is 4.05. The zero-order valence-corrected chi connectivity index (χ0v) is 19.6. The molecule has 0 heterocycles. The van der Waals surface area contributed by atoms with Gasteiger partial charge in [0.2, 0.25) is 0 Å². The summed E-state index contributed by atoms with van der Waals surface area (Å²) in [5.74, 6) is 0.175. The van der Waals surface area contributed by atoms with Crippen molar-refractivity contribution in [2.75, 3.05) is 0 Å². The molecule has 0 aliphatic carbocycles. The third kappa shape index (κ3) is 7.04. The van der Waals surface area contributed by atoms with Crippen LogP contribution in [0, 0.1) is 0 Å². The summed E-state index contributed by atoms with van der Waals surface area (Å²) in [6.07, 6.45) is 0.781. The van der Waals surface area contributed by atoms with Gasteiger partial charge in [0.25, 0.3) is 5.91 Å². The van der Waals surface area contributed by atoms with Crippen molar-refractivity contribution in [2.24, 2.45) is 5.10 Å². The molecule has 3 rings (SSSR count). The molecule has 0 aliphatic rings. The average molecular weight is 546 g/mol. The number of carbonyl (C=O) groups excluding carboxylic acids is 2. The lowest BCUT2D eigenvalue weighted by Gasteiger charge is -2.12. The number of nitrogens with one attached hydrogen (secondary N) is 1. The number of nitrogens with zero attached hydrogens (tertiary/aromatic N) is 1. The van der Waals surface area contributed by atoms with Crippen LogP contribution in [0.4, 0.5) is 0 Å². The molecule has 6 nitrogen and oxygen atoms in total. The molecule has 0 unspecified atom stereocenters. The van der Waals surface area contributed by atoms with Gasteiger partial charge in [0.1, 0.15) is 11.5 Å². The van der Waals surface area contributed by atoms with E-state index in [0.29, 0.717) is 17.1 Å². The summed E-state index contributed by atoms with van der Waals surface area (Å²) in [5.41, 5.74) is 3.62. The predicted octanol–water partition coefficient (Wildman–Crippen LogP) is 5.35. The molecule has 0 saturated carbocycles. The van der Waals surface area contributed by atoms with E-state index in [9.17, 15) is 9.59 Å². The van der Waals surface area contributed by atoms with Gasteiger partial charge in [-0.3, -0.25) is 4.79 Å². The molecule has 0 spiro atoms. The Labute approximate surface area is 196 Å². The molecule has 0 saturated heterocycles. The molecule has 1 amide bonds. The van der Waals surface area contributed by atoms with E-state index in [1.807, 2.05) is 12.1 Å². The molecule has 158 valence electrons. The van der Waals surface area contributed by atoms with Crippen LogP contribution in [0.1, 0.15) is 22.8 Å². The minimum atomic E-state index is -0.710. The highest BCUT2D eigenvalue weighted by molar-refractivity contribution is 9.10. The zero-order chi connectivity index (χ0) is 22.2. The van der Waals surface area contributed by atoms with Crippen LogP contribution >= 0.6 is 31.9 Å². The molecule has 3 aromatic rings. The van der Waals surface area contributed by atoms with Crippen molar-refractivity contribution in [2.45, 2.75) is 13.0 Å². The van der Waals surface area contributed by atoms with E-state index in [0.717, 1.165) is 14.5 Å². The average Bonchev–Trinajstić information content (AvgIpc) is 2.77. The highest BCUT2D eigenvalue weighted by atomic mass is 79.9. The molecule has 0 bridgehead atoms. The van der Waals surface area contributed by atoms with Gasteiger partial charge in [-0.2, -0.15) is 5.10 Å². The van der Waals surface area contributed by atoms with Gasteiger partial charge in [0.05, 0.1) is 11.8 Å². The van der Waals surface area contributed by atoms with Gasteiger partial charge in [0, 0.05) is 8.95 Å². The SMILES string of the molecule is C[C@H](Oc1ccc(Br)cc1)C(=O)N/N=C\c1ccc(OC(=O)c2ccc(Br)cc2)cc1. The molecule has 1 atom stereocenters. The Bertz CT molecular complexity index is 1070. The van der Waals surface area contributed by atoms with Gasteiger partial charge in [-0.25, -0.2) is 10.2 Å². The third-order valence-corrected chi connectivity index (χ3v) is 5.11. The summed E-state index contributed by atoms with van der Waals surface area (Å²) in [7, 11) is 0. The van der Waals surface area contributed by atoms with Crippen LogP contribution < -0.4 is 14.9 Å².